The van der Waals surface area contributed by atoms with Crippen LogP contribution in [0.3, 0.4) is 0 Å². The Bertz CT molecular complexity index is 658. The van der Waals surface area contributed by atoms with Gasteiger partial charge in [0.1, 0.15) is 5.69 Å². The van der Waals surface area contributed by atoms with E-state index in [4.69, 9.17) is 4.74 Å². The standard InChI is InChI=1S/C18H25N3O4/c1-13(22)14-5-6-17(18(9-14)21(23)24)20-12-16(25-2)10-15(20)11-19-7-3-4-8-19/h5-6,9,15-16H,3-4,7-8,10-12H2,1-2H3/t15-,16-/m0/s1. The van der Waals surface area contributed by atoms with E-state index in [1.807, 2.05) is 0 Å². The molecule has 0 spiro atoms. The second kappa shape index (κ2) is 7.49. The summed E-state index contributed by atoms with van der Waals surface area (Å²) in [7, 11) is 1.69. The molecule has 25 heavy (non-hydrogen) atoms. The summed E-state index contributed by atoms with van der Waals surface area (Å²) < 4.78 is 5.54. The summed E-state index contributed by atoms with van der Waals surface area (Å²) in [5.41, 5.74) is 0.948. The second-order valence-electron chi connectivity index (χ2n) is 6.92. The van der Waals surface area contributed by atoms with Crippen molar-refractivity contribution in [2.45, 2.75) is 38.3 Å². The Morgan fingerprint density at radius 1 is 1.36 bits per heavy atom. The van der Waals surface area contributed by atoms with Crippen molar-refractivity contribution in [1.29, 1.82) is 0 Å². The maximum atomic E-state index is 11.6. The average molecular weight is 347 g/mol. The van der Waals surface area contributed by atoms with Gasteiger partial charge in [-0.15, -0.1) is 0 Å². The number of methoxy groups -OCH3 is 1. The highest BCUT2D eigenvalue weighted by molar-refractivity contribution is 5.95. The first kappa shape index (κ1) is 17.8. The number of anilines is 1. The van der Waals surface area contributed by atoms with Crippen LogP contribution in [-0.4, -0.2) is 61.0 Å². The van der Waals surface area contributed by atoms with Crippen molar-refractivity contribution in [1.82, 2.24) is 4.90 Å². The molecule has 0 bridgehead atoms. The zero-order valence-electron chi connectivity index (χ0n) is 14.8. The number of hydrogen-bond donors (Lipinski definition) is 0. The highest BCUT2D eigenvalue weighted by Gasteiger charge is 2.36. The van der Waals surface area contributed by atoms with Crippen LogP contribution in [-0.2, 0) is 4.74 Å². The normalized spacial score (nSPS) is 24.0. The number of nitro groups is 1. The SMILES string of the molecule is CO[C@H]1C[C@@H](CN2CCCC2)N(c2ccc(C(C)=O)cc2[N+](=O)[O-])C1. The van der Waals surface area contributed by atoms with E-state index in [0.29, 0.717) is 17.8 Å². The molecule has 7 heteroatoms. The summed E-state index contributed by atoms with van der Waals surface area (Å²) in [6.45, 7) is 5.13. The molecule has 0 saturated carbocycles. The molecule has 0 unspecified atom stereocenters. The fourth-order valence-electron chi connectivity index (χ4n) is 3.91. The Morgan fingerprint density at radius 3 is 2.68 bits per heavy atom. The van der Waals surface area contributed by atoms with E-state index in [1.165, 1.54) is 25.8 Å². The molecule has 1 aromatic rings. The van der Waals surface area contributed by atoms with Gasteiger partial charge in [-0.2, -0.15) is 0 Å². The van der Waals surface area contributed by atoms with E-state index in [1.54, 1.807) is 19.2 Å². The number of benzene rings is 1. The van der Waals surface area contributed by atoms with Gasteiger partial charge in [0.05, 0.1) is 11.0 Å². The number of nitrogens with zero attached hydrogens (tertiary/aromatic N) is 3. The van der Waals surface area contributed by atoms with Crippen LogP contribution >= 0.6 is 0 Å². The van der Waals surface area contributed by atoms with Gasteiger partial charge in [0.25, 0.3) is 5.69 Å². The van der Waals surface area contributed by atoms with E-state index < -0.39 is 4.92 Å². The van der Waals surface area contributed by atoms with Crippen molar-refractivity contribution in [2.75, 3.05) is 38.2 Å². The predicted octanol–water partition coefficient (Wildman–Crippen LogP) is 2.49. The second-order valence-corrected chi connectivity index (χ2v) is 6.92. The lowest BCUT2D eigenvalue weighted by atomic mass is 10.1. The molecule has 0 amide bonds. The minimum atomic E-state index is -0.394. The molecule has 2 aliphatic rings. The van der Waals surface area contributed by atoms with Gasteiger partial charge in [-0.05, 0) is 51.4 Å². The van der Waals surface area contributed by atoms with Gasteiger partial charge in [0.2, 0.25) is 0 Å². The molecule has 2 heterocycles. The number of Topliss-reactive ketones (excluding diaryl/α,β-unsaturated/α-hetero) is 1. The first-order valence-corrected chi connectivity index (χ1v) is 8.80. The number of carbonyl (C=O) groups is 1. The number of likely N-dealkylation sites (tertiary alicyclic amines) is 1. The Balaban J connectivity index is 1.90. The molecule has 3 rings (SSSR count). The van der Waals surface area contributed by atoms with Crippen molar-refractivity contribution in [3.8, 4) is 0 Å². The monoisotopic (exact) mass is 347 g/mol. The highest BCUT2D eigenvalue weighted by Crippen LogP contribution is 2.35. The number of rotatable bonds is 6. The third-order valence-electron chi connectivity index (χ3n) is 5.27. The minimum Gasteiger partial charge on any atom is -0.380 e. The molecular formula is C18H25N3O4. The summed E-state index contributed by atoms with van der Waals surface area (Å²) in [6, 6.07) is 4.97. The van der Waals surface area contributed by atoms with Gasteiger partial charge in [-0.1, -0.05) is 0 Å². The van der Waals surface area contributed by atoms with Crippen LogP contribution in [0.4, 0.5) is 11.4 Å². The largest absolute Gasteiger partial charge is 0.380 e. The molecule has 0 N–H and O–H groups in total. The topological polar surface area (TPSA) is 75.9 Å². The van der Waals surface area contributed by atoms with Crippen molar-refractivity contribution in [3.05, 3.63) is 33.9 Å². The quantitative estimate of drug-likeness (QED) is 0.447. The molecule has 2 atom stereocenters. The van der Waals surface area contributed by atoms with Crippen LogP contribution < -0.4 is 4.90 Å². The maximum absolute atomic E-state index is 11.6. The lowest BCUT2D eigenvalue weighted by Crippen LogP contribution is -2.39. The lowest BCUT2D eigenvalue weighted by molar-refractivity contribution is -0.384. The van der Waals surface area contributed by atoms with Crippen LogP contribution in [0.25, 0.3) is 0 Å². The van der Waals surface area contributed by atoms with Crippen molar-refractivity contribution < 1.29 is 14.5 Å². The van der Waals surface area contributed by atoms with E-state index in [9.17, 15) is 14.9 Å². The average Bonchev–Trinajstić information content (AvgIpc) is 3.24. The van der Waals surface area contributed by atoms with Gasteiger partial charge in [-0.25, -0.2) is 0 Å². The van der Waals surface area contributed by atoms with E-state index in [2.05, 4.69) is 9.80 Å². The molecule has 0 aliphatic carbocycles. The third-order valence-corrected chi connectivity index (χ3v) is 5.27. The Hall–Kier alpha value is -1.99. The van der Waals surface area contributed by atoms with Gasteiger partial charge >= 0.3 is 0 Å². The van der Waals surface area contributed by atoms with E-state index in [0.717, 1.165) is 26.1 Å². The number of nitro benzene ring substituents is 1. The van der Waals surface area contributed by atoms with Crippen LogP contribution in [0.1, 0.15) is 36.5 Å². The van der Waals surface area contributed by atoms with Crippen LogP contribution in [0.5, 0.6) is 0 Å². The van der Waals surface area contributed by atoms with Gasteiger partial charge in [-0.3, -0.25) is 14.9 Å². The Morgan fingerprint density at radius 2 is 2.08 bits per heavy atom. The minimum absolute atomic E-state index is 0.00382. The Labute approximate surface area is 147 Å². The Kier molecular flexibility index (Phi) is 5.34. The van der Waals surface area contributed by atoms with Crippen molar-refractivity contribution >= 4 is 17.2 Å². The number of hydrogen-bond acceptors (Lipinski definition) is 6. The fourth-order valence-corrected chi connectivity index (χ4v) is 3.91. The molecule has 2 aliphatic heterocycles. The van der Waals surface area contributed by atoms with Gasteiger partial charge in [0.15, 0.2) is 5.78 Å². The molecule has 0 radical (unpaired) electrons. The zero-order chi connectivity index (χ0) is 18.0. The zero-order valence-corrected chi connectivity index (χ0v) is 14.8. The number of carbonyl (C=O) groups excluding carboxylic acids is 1. The molecule has 1 aromatic carbocycles. The predicted molar refractivity (Wildman–Crippen MR) is 95.3 cm³/mol. The molecule has 2 fully saturated rings. The van der Waals surface area contributed by atoms with E-state index in [-0.39, 0.29) is 23.6 Å². The summed E-state index contributed by atoms with van der Waals surface area (Å²) in [6.07, 6.45) is 3.36. The first-order chi connectivity index (χ1) is 12.0. The summed E-state index contributed by atoms with van der Waals surface area (Å²) in [4.78, 5) is 27.3. The maximum Gasteiger partial charge on any atom is 0.293 e. The summed E-state index contributed by atoms with van der Waals surface area (Å²) >= 11 is 0. The van der Waals surface area contributed by atoms with E-state index >= 15 is 0 Å². The smallest absolute Gasteiger partial charge is 0.293 e. The van der Waals surface area contributed by atoms with Crippen molar-refractivity contribution in [3.63, 3.8) is 0 Å². The van der Waals surface area contributed by atoms with Gasteiger partial charge in [0, 0.05) is 37.9 Å². The van der Waals surface area contributed by atoms with Gasteiger partial charge < -0.3 is 14.5 Å². The third kappa shape index (κ3) is 3.82. The number of ketones is 1. The van der Waals surface area contributed by atoms with Crippen LogP contribution in [0.15, 0.2) is 18.2 Å². The highest BCUT2D eigenvalue weighted by atomic mass is 16.6. The van der Waals surface area contributed by atoms with Crippen LogP contribution in [0, 0.1) is 10.1 Å². The summed E-state index contributed by atoms with van der Waals surface area (Å²) in [5.74, 6) is -0.167. The summed E-state index contributed by atoms with van der Waals surface area (Å²) in [5, 5.41) is 11.6. The molecule has 7 nitrogen and oxygen atoms in total. The molecule has 136 valence electrons. The van der Waals surface area contributed by atoms with Crippen LogP contribution in [0.2, 0.25) is 0 Å². The molecule has 2 saturated heterocycles. The van der Waals surface area contributed by atoms with Crippen molar-refractivity contribution in [2.24, 2.45) is 0 Å². The fraction of sp³-hybridized carbons (Fsp3) is 0.611. The molecule has 0 aromatic heterocycles. The molecular weight excluding hydrogens is 322 g/mol. The first-order valence-electron chi connectivity index (χ1n) is 8.80. The lowest BCUT2D eigenvalue weighted by Gasteiger charge is -2.29. The number of ether oxygens (including phenoxy) is 1.